The van der Waals surface area contributed by atoms with Crippen molar-refractivity contribution in [2.24, 2.45) is 16.7 Å². The van der Waals surface area contributed by atoms with Gasteiger partial charge in [0.15, 0.2) is 11.5 Å². The Labute approximate surface area is 349 Å². The van der Waals surface area contributed by atoms with Crippen LogP contribution in [-0.4, -0.2) is 99.1 Å². The molecule has 1 saturated carbocycles. The maximum Gasteiger partial charge on any atom is 0.328 e. The van der Waals surface area contributed by atoms with Gasteiger partial charge in [-0.2, -0.15) is 10.4 Å². The third-order valence-corrected chi connectivity index (χ3v) is 13.4. The molecule has 3 saturated heterocycles. The smallest absolute Gasteiger partial charge is 0.328 e. The van der Waals surface area contributed by atoms with Gasteiger partial charge in [0, 0.05) is 79.5 Å². The number of imide groups is 1. The molecule has 3 aromatic heterocycles. The van der Waals surface area contributed by atoms with Gasteiger partial charge in [-0.15, -0.1) is 10.2 Å². The van der Waals surface area contributed by atoms with E-state index >= 15 is 0 Å². The highest BCUT2D eigenvalue weighted by Gasteiger charge is 2.64. The molecule has 4 aliphatic rings. The second-order valence-electron chi connectivity index (χ2n) is 18.0. The predicted molar refractivity (Wildman–Crippen MR) is 227 cm³/mol. The molecule has 60 heavy (non-hydrogen) atoms. The molecule has 4 fully saturated rings. The highest BCUT2D eigenvalue weighted by atomic mass is 16.5. The zero-order chi connectivity index (χ0) is 41.8. The lowest BCUT2D eigenvalue weighted by Gasteiger charge is -2.63. The Morgan fingerprint density at radius 2 is 1.70 bits per heavy atom. The highest BCUT2D eigenvalue weighted by molar-refractivity contribution is 6.09. The van der Waals surface area contributed by atoms with Crippen molar-refractivity contribution < 1.29 is 19.1 Å². The molecule has 3 aliphatic heterocycles. The number of likely N-dealkylation sites (tertiary alicyclic amines) is 1. The van der Waals surface area contributed by atoms with Gasteiger partial charge in [0.2, 0.25) is 5.91 Å². The van der Waals surface area contributed by atoms with Crippen molar-refractivity contribution in [2.45, 2.75) is 78.0 Å². The summed E-state index contributed by atoms with van der Waals surface area (Å²) in [6.45, 7) is 13.6. The van der Waals surface area contributed by atoms with Gasteiger partial charge >= 0.3 is 6.03 Å². The number of nitrogens with zero attached hydrogens (tertiary/aromatic N) is 9. The number of hydrogen-bond donors (Lipinski definition) is 2. The SMILES string of the molecule is CC1(C)[C@H](NC(=O)c2ccc(N3CCC(CN4CCC(n5ncc6c(N7CCC(=O)NC7=O)cccc65)CC4)CC3)nn2)C(C)(C)[C@H]1Oc1ccc(C#N)c2ncccc12. The fourth-order valence-electron chi connectivity index (χ4n) is 10.5. The zero-order valence-electron chi connectivity index (χ0n) is 34.6. The molecule has 15 nitrogen and oxygen atoms in total. The Hall–Kier alpha value is -6.14. The number of anilines is 2. The number of benzene rings is 2. The van der Waals surface area contributed by atoms with Crippen molar-refractivity contribution in [2.75, 3.05) is 49.1 Å². The summed E-state index contributed by atoms with van der Waals surface area (Å²) in [6, 6.07) is 18.9. The first kappa shape index (κ1) is 39.3. The standard InChI is InChI=1S/C45H51N11O4/c1-44(2)41(45(3,4)42(44)60-36-12-10-29(25-46)39-31(36)7-6-19-47-39)50-40(58)33-11-13-37(52-51-33)54-22-14-28(15-23-54)27-53-20-16-30(17-21-53)56-35-9-5-8-34(32(35)26-48-56)55-24-18-38(57)49-43(55)59/h5-13,19,26,28,30,41-42H,14-18,20-24,27H2,1-4H3,(H,50,58)(H,49,57,59)/t41-,42-. The van der Waals surface area contributed by atoms with Crippen molar-refractivity contribution >= 4 is 51.2 Å². The summed E-state index contributed by atoms with van der Waals surface area (Å²) in [5.74, 6) is 1.56. The first-order valence-electron chi connectivity index (χ1n) is 21.1. The van der Waals surface area contributed by atoms with E-state index in [1.54, 1.807) is 23.2 Å². The number of piperidine rings is 2. The minimum atomic E-state index is -0.395. The molecule has 310 valence electrons. The predicted octanol–water partition coefficient (Wildman–Crippen LogP) is 5.86. The number of carbonyl (C=O) groups excluding carboxylic acids is 3. The number of amides is 4. The average molecular weight is 810 g/mol. The Balaban J connectivity index is 0.751. The van der Waals surface area contributed by atoms with E-state index < -0.39 is 10.8 Å². The monoisotopic (exact) mass is 809 g/mol. The summed E-state index contributed by atoms with van der Waals surface area (Å²) in [5.41, 5.74) is 2.41. The van der Waals surface area contributed by atoms with Crippen LogP contribution in [0.3, 0.4) is 0 Å². The number of urea groups is 1. The van der Waals surface area contributed by atoms with Crippen molar-refractivity contribution in [3.8, 4) is 11.8 Å². The molecular weight excluding hydrogens is 759 g/mol. The molecule has 9 rings (SSSR count). The summed E-state index contributed by atoms with van der Waals surface area (Å²) >= 11 is 0. The number of carbonyl (C=O) groups is 3. The molecule has 1 aliphatic carbocycles. The largest absolute Gasteiger partial charge is 0.488 e. The fraction of sp³-hybridized carbons (Fsp3) is 0.467. The fourth-order valence-corrected chi connectivity index (χ4v) is 10.5. The Morgan fingerprint density at radius 1 is 0.917 bits per heavy atom. The second kappa shape index (κ2) is 15.5. The minimum Gasteiger partial charge on any atom is -0.488 e. The van der Waals surface area contributed by atoms with Gasteiger partial charge in [-0.05, 0) is 80.1 Å². The topological polar surface area (TPSA) is 174 Å². The lowest BCUT2D eigenvalue weighted by molar-refractivity contribution is -0.163. The van der Waals surface area contributed by atoms with Gasteiger partial charge in [0.1, 0.15) is 17.9 Å². The van der Waals surface area contributed by atoms with E-state index in [0.717, 1.165) is 86.2 Å². The lowest BCUT2D eigenvalue weighted by atomic mass is 9.49. The van der Waals surface area contributed by atoms with Crippen LogP contribution in [0.4, 0.5) is 16.3 Å². The third-order valence-electron chi connectivity index (χ3n) is 13.4. The van der Waals surface area contributed by atoms with Gasteiger partial charge in [-0.3, -0.25) is 29.5 Å². The van der Waals surface area contributed by atoms with E-state index in [9.17, 15) is 19.6 Å². The van der Waals surface area contributed by atoms with Gasteiger partial charge in [-0.1, -0.05) is 33.8 Å². The number of pyridine rings is 1. The van der Waals surface area contributed by atoms with Crippen LogP contribution in [0.1, 0.15) is 81.9 Å². The maximum absolute atomic E-state index is 13.6. The summed E-state index contributed by atoms with van der Waals surface area (Å²) in [4.78, 5) is 48.7. The van der Waals surface area contributed by atoms with Crippen LogP contribution in [-0.2, 0) is 4.79 Å². The summed E-state index contributed by atoms with van der Waals surface area (Å²) in [6.07, 6.45) is 7.75. The molecule has 0 unspecified atom stereocenters. The van der Waals surface area contributed by atoms with E-state index in [0.29, 0.717) is 29.3 Å². The molecule has 15 heteroatoms. The summed E-state index contributed by atoms with van der Waals surface area (Å²) in [7, 11) is 0. The lowest BCUT2D eigenvalue weighted by Crippen LogP contribution is -2.74. The number of ether oxygens (including phenoxy) is 1. The van der Waals surface area contributed by atoms with Crippen molar-refractivity contribution in [1.29, 1.82) is 5.26 Å². The Bertz CT molecular complexity index is 2480. The average Bonchev–Trinajstić information content (AvgIpc) is 3.70. The molecule has 6 heterocycles. The maximum atomic E-state index is 13.6. The first-order chi connectivity index (χ1) is 28.9. The minimum absolute atomic E-state index is 0.180. The van der Waals surface area contributed by atoms with E-state index in [4.69, 9.17) is 9.84 Å². The molecule has 2 N–H and O–H groups in total. The highest BCUT2D eigenvalue weighted by Crippen LogP contribution is 2.56. The molecule has 2 aromatic carbocycles. The van der Waals surface area contributed by atoms with Crippen LogP contribution < -0.4 is 25.2 Å². The molecule has 0 radical (unpaired) electrons. The van der Waals surface area contributed by atoms with Crippen molar-refractivity contribution in [3.05, 3.63) is 78.2 Å². The Kier molecular flexibility index (Phi) is 10.1. The summed E-state index contributed by atoms with van der Waals surface area (Å²) < 4.78 is 8.76. The third kappa shape index (κ3) is 7.06. The van der Waals surface area contributed by atoms with Gasteiger partial charge in [0.05, 0.1) is 34.5 Å². The molecule has 0 bridgehead atoms. The van der Waals surface area contributed by atoms with E-state index in [2.05, 4.69) is 80.1 Å². The summed E-state index contributed by atoms with van der Waals surface area (Å²) in [5, 5.41) is 30.6. The quantitative estimate of drug-likeness (QED) is 0.183. The van der Waals surface area contributed by atoms with Gasteiger partial charge in [-0.25, -0.2) is 4.79 Å². The molecule has 0 atom stereocenters. The number of rotatable bonds is 9. The first-order valence-corrected chi connectivity index (χ1v) is 21.1. The normalized spacial score (nSPS) is 22.3. The van der Waals surface area contributed by atoms with Crippen LogP contribution >= 0.6 is 0 Å². The number of nitrogens with one attached hydrogen (secondary N) is 2. The van der Waals surface area contributed by atoms with E-state index in [1.807, 2.05) is 42.6 Å². The van der Waals surface area contributed by atoms with Gasteiger partial charge < -0.3 is 19.9 Å². The van der Waals surface area contributed by atoms with E-state index in [-0.39, 0.29) is 48.1 Å². The number of aromatic nitrogens is 5. The second-order valence-corrected chi connectivity index (χ2v) is 18.0. The molecule has 5 aromatic rings. The Morgan fingerprint density at radius 3 is 2.42 bits per heavy atom. The molecule has 0 spiro atoms. The van der Waals surface area contributed by atoms with Crippen LogP contribution in [0.2, 0.25) is 0 Å². The van der Waals surface area contributed by atoms with Crippen LogP contribution in [0.25, 0.3) is 21.8 Å². The van der Waals surface area contributed by atoms with Gasteiger partial charge in [0.25, 0.3) is 5.91 Å². The number of hydrogen-bond acceptors (Lipinski definition) is 11. The molecular formula is C45H51N11O4. The number of fused-ring (bicyclic) bond motifs is 2. The van der Waals surface area contributed by atoms with Crippen LogP contribution in [0.15, 0.2) is 67.0 Å². The van der Waals surface area contributed by atoms with Crippen molar-refractivity contribution in [3.63, 3.8) is 0 Å². The van der Waals surface area contributed by atoms with Crippen molar-refractivity contribution in [1.82, 2.24) is 40.5 Å². The van der Waals surface area contributed by atoms with E-state index in [1.165, 1.54) is 0 Å². The van der Waals surface area contributed by atoms with Crippen LogP contribution in [0.5, 0.6) is 5.75 Å². The molecule has 4 amide bonds. The van der Waals surface area contributed by atoms with Crippen LogP contribution in [0, 0.1) is 28.1 Å². The zero-order valence-corrected chi connectivity index (χ0v) is 34.6. The number of nitriles is 1.